The number of rotatable bonds is 12. The molecule has 170 valence electrons. The summed E-state index contributed by atoms with van der Waals surface area (Å²) in [5, 5.41) is 0. The van der Waals surface area contributed by atoms with E-state index in [4.69, 9.17) is 4.42 Å². The number of hydrogen-bond acceptors (Lipinski definition) is 2. The molecule has 3 rings (SSSR count). The first-order valence-electron chi connectivity index (χ1n) is 12.4. The molecule has 0 spiro atoms. The minimum absolute atomic E-state index is 0.168. The molecule has 32 heavy (non-hydrogen) atoms. The van der Waals surface area contributed by atoms with Gasteiger partial charge < -0.3 is 0 Å². The Morgan fingerprint density at radius 1 is 0.688 bits per heavy atom. The third-order valence-electron chi connectivity index (χ3n) is 6.67. The van der Waals surface area contributed by atoms with Gasteiger partial charge in [0.05, 0.1) is 0 Å². The molecule has 0 aliphatic rings. The molecule has 0 N–H and O–H groups in total. The molecule has 1 heterocycles. The molecule has 3 heteroatoms. The Morgan fingerprint density at radius 3 is 1.62 bits per heavy atom. The summed E-state index contributed by atoms with van der Waals surface area (Å²) in [6.45, 7) is 6.88. The Hall–Kier alpha value is -1.81. The summed E-state index contributed by atoms with van der Waals surface area (Å²) in [7, 11) is 0. The van der Waals surface area contributed by atoms with Gasteiger partial charge >= 0.3 is 199 Å². The van der Waals surface area contributed by atoms with Gasteiger partial charge in [-0.05, 0) is 0 Å². The van der Waals surface area contributed by atoms with Crippen LogP contribution < -0.4 is 9.20 Å². The molecule has 0 bridgehead atoms. The Bertz CT molecular complexity index is 987. The van der Waals surface area contributed by atoms with Crippen molar-refractivity contribution >= 4 is 22.0 Å². The number of unbranched alkanes of at least 4 members (excludes halogenated alkanes) is 3. The van der Waals surface area contributed by atoms with Crippen LogP contribution in [0.3, 0.4) is 0 Å². The van der Waals surface area contributed by atoms with Gasteiger partial charge in [0.15, 0.2) is 0 Å². The molecular formula is C29H38O2Sn. The van der Waals surface area contributed by atoms with E-state index in [1.54, 1.807) is 0 Å². The fourth-order valence-electron chi connectivity index (χ4n) is 4.86. The Kier molecular flexibility index (Phi) is 9.65. The first-order chi connectivity index (χ1) is 15.6. The van der Waals surface area contributed by atoms with Gasteiger partial charge in [-0.15, -0.1) is 0 Å². The van der Waals surface area contributed by atoms with E-state index in [1.807, 2.05) is 48.5 Å². The van der Waals surface area contributed by atoms with Crippen LogP contribution in [-0.2, 0) is 0 Å². The van der Waals surface area contributed by atoms with Crippen molar-refractivity contribution in [3.63, 3.8) is 0 Å². The molecule has 0 saturated carbocycles. The van der Waals surface area contributed by atoms with Gasteiger partial charge in [-0.25, -0.2) is 0 Å². The molecule has 2 aromatic carbocycles. The van der Waals surface area contributed by atoms with E-state index >= 15 is 0 Å². The zero-order valence-corrected chi connectivity index (χ0v) is 22.9. The summed E-state index contributed by atoms with van der Waals surface area (Å²) < 4.78 is 11.3. The van der Waals surface area contributed by atoms with Crippen LogP contribution >= 0.6 is 0 Å². The second kappa shape index (κ2) is 12.4. The van der Waals surface area contributed by atoms with Crippen molar-refractivity contribution in [2.24, 2.45) is 0 Å². The second-order valence-electron chi connectivity index (χ2n) is 9.01. The molecular weight excluding hydrogens is 499 g/mol. The first-order valence-corrected chi connectivity index (χ1v) is 19.9. The van der Waals surface area contributed by atoms with E-state index in [0.29, 0.717) is 0 Å². The predicted octanol–water partition coefficient (Wildman–Crippen LogP) is 8.03. The molecule has 0 saturated heterocycles. The first kappa shape index (κ1) is 24.8. The van der Waals surface area contributed by atoms with Gasteiger partial charge in [0, 0.05) is 0 Å². The molecule has 0 radical (unpaired) electrons. The van der Waals surface area contributed by atoms with E-state index in [1.165, 1.54) is 55.4 Å². The fourth-order valence-corrected chi connectivity index (χ4v) is 21.6. The van der Waals surface area contributed by atoms with Gasteiger partial charge in [-0.1, -0.05) is 0 Å². The summed E-state index contributed by atoms with van der Waals surface area (Å²) >= 11 is -2.90. The van der Waals surface area contributed by atoms with E-state index in [0.717, 1.165) is 22.5 Å². The van der Waals surface area contributed by atoms with Crippen molar-refractivity contribution in [3.8, 4) is 22.5 Å². The van der Waals surface area contributed by atoms with Crippen LogP contribution in [0.2, 0.25) is 13.3 Å². The maximum atomic E-state index is 13.6. The molecule has 0 aliphatic heterocycles. The molecule has 2 nitrogen and oxygen atoms in total. The van der Waals surface area contributed by atoms with Crippen molar-refractivity contribution in [2.75, 3.05) is 0 Å². The van der Waals surface area contributed by atoms with Crippen LogP contribution in [0.5, 0.6) is 0 Å². The zero-order valence-electron chi connectivity index (χ0n) is 20.0. The Balaban J connectivity index is 2.30. The third-order valence-corrected chi connectivity index (χ3v) is 22.3. The normalized spacial score (nSPS) is 11.6. The van der Waals surface area contributed by atoms with Crippen LogP contribution in [0.15, 0.2) is 75.9 Å². The standard InChI is InChI=1S/C17H11O2.3C4H9.Sn/c18-17-15(13-7-3-1-4-8-13)11-12-16(19-17)14-9-5-2-6-10-14;3*1-3-4-2;/h1-10,12H;3*1,3-4H2,2H3;. The zero-order chi connectivity index (χ0) is 22.8. The average molecular weight is 537 g/mol. The van der Waals surface area contributed by atoms with Crippen molar-refractivity contribution < 1.29 is 4.42 Å². The summed E-state index contributed by atoms with van der Waals surface area (Å²) in [4.78, 5) is 13.6. The van der Waals surface area contributed by atoms with Crippen LogP contribution in [-0.4, -0.2) is 18.4 Å². The molecule has 0 aliphatic carbocycles. The molecule has 3 aromatic rings. The van der Waals surface area contributed by atoms with Crippen molar-refractivity contribution in [3.05, 3.63) is 77.2 Å². The molecule has 0 unspecified atom stereocenters. The van der Waals surface area contributed by atoms with Crippen molar-refractivity contribution in [1.82, 2.24) is 0 Å². The van der Waals surface area contributed by atoms with E-state index < -0.39 is 18.4 Å². The monoisotopic (exact) mass is 538 g/mol. The Morgan fingerprint density at radius 2 is 1.16 bits per heavy atom. The average Bonchev–Trinajstić information content (AvgIpc) is 2.84. The van der Waals surface area contributed by atoms with Gasteiger partial charge in [0.25, 0.3) is 0 Å². The van der Waals surface area contributed by atoms with Crippen LogP contribution in [0, 0.1) is 0 Å². The van der Waals surface area contributed by atoms with Crippen LogP contribution in [0.25, 0.3) is 22.5 Å². The molecule has 0 atom stereocenters. The van der Waals surface area contributed by atoms with E-state index in [-0.39, 0.29) is 5.63 Å². The minimum atomic E-state index is -2.90. The van der Waals surface area contributed by atoms with E-state index in [2.05, 4.69) is 39.0 Å². The molecule has 1 aromatic heterocycles. The molecule has 0 fully saturated rings. The topological polar surface area (TPSA) is 30.2 Å². The number of hydrogen-bond donors (Lipinski definition) is 0. The van der Waals surface area contributed by atoms with Crippen molar-refractivity contribution in [1.29, 1.82) is 0 Å². The van der Waals surface area contributed by atoms with Crippen LogP contribution in [0.1, 0.15) is 59.3 Å². The number of benzene rings is 2. The quantitative estimate of drug-likeness (QED) is 0.219. The van der Waals surface area contributed by atoms with Gasteiger partial charge in [0.1, 0.15) is 0 Å². The molecule has 0 amide bonds. The maximum absolute atomic E-state index is 13.6. The van der Waals surface area contributed by atoms with Crippen molar-refractivity contribution in [2.45, 2.75) is 72.6 Å². The van der Waals surface area contributed by atoms with Gasteiger partial charge in [0.2, 0.25) is 0 Å². The predicted molar refractivity (Wildman–Crippen MR) is 140 cm³/mol. The Labute approximate surface area is 198 Å². The summed E-state index contributed by atoms with van der Waals surface area (Å²) in [6, 6.07) is 22.7. The SMILES string of the molecule is CCC[CH2][Sn]([CH2]CCC)([CH2]CCC)[c]1cc(-c2ccccc2)oc(=O)c1-c1ccccc1. The van der Waals surface area contributed by atoms with Gasteiger partial charge in [-0.2, -0.15) is 0 Å². The van der Waals surface area contributed by atoms with E-state index in [9.17, 15) is 4.79 Å². The summed E-state index contributed by atoms with van der Waals surface area (Å²) in [5.74, 6) is 0.732. The second-order valence-corrected chi connectivity index (χ2v) is 22.1. The fraction of sp³-hybridized carbons (Fsp3) is 0.414. The summed E-state index contributed by atoms with van der Waals surface area (Å²) in [6.07, 6.45) is 7.43. The van der Waals surface area contributed by atoms with Gasteiger partial charge in [-0.3, -0.25) is 0 Å². The third kappa shape index (κ3) is 5.95. The summed E-state index contributed by atoms with van der Waals surface area (Å²) in [5.41, 5.74) is 2.69. The van der Waals surface area contributed by atoms with Crippen LogP contribution in [0.4, 0.5) is 0 Å².